The first-order chi connectivity index (χ1) is 18.3. The third kappa shape index (κ3) is 6.42. The smallest absolute Gasteiger partial charge is 0.264 e. The van der Waals surface area contributed by atoms with Gasteiger partial charge in [-0.2, -0.15) is 0 Å². The Balaban J connectivity index is 1.66. The van der Waals surface area contributed by atoms with Crippen LogP contribution in [0.3, 0.4) is 0 Å². The van der Waals surface area contributed by atoms with Gasteiger partial charge in [-0.3, -0.25) is 13.9 Å². The number of rotatable bonds is 10. The number of carbonyl (C=O) groups is 2. The van der Waals surface area contributed by atoms with E-state index in [0.717, 1.165) is 41.1 Å². The number of amides is 2. The summed E-state index contributed by atoms with van der Waals surface area (Å²) in [5.74, 6) is -0.679. The molecule has 38 heavy (non-hydrogen) atoms. The number of para-hydroxylation sites is 1. The van der Waals surface area contributed by atoms with Crippen LogP contribution in [0.25, 0.3) is 0 Å². The van der Waals surface area contributed by atoms with Crippen molar-refractivity contribution in [2.45, 2.75) is 63.1 Å². The van der Waals surface area contributed by atoms with Crippen LogP contribution >= 0.6 is 0 Å². The molecule has 4 rings (SSSR count). The molecule has 200 valence electrons. The van der Waals surface area contributed by atoms with Crippen molar-refractivity contribution in [1.82, 2.24) is 10.2 Å². The largest absolute Gasteiger partial charge is 0.352 e. The summed E-state index contributed by atoms with van der Waals surface area (Å²) in [4.78, 5) is 28.8. The second kappa shape index (κ2) is 12.3. The van der Waals surface area contributed by atoms with E-state index in [1.807, 2.05) is 31.2 Å². The third-order valence-electron chi connectivity index (χ3n) is 7.13. The molecule has 1 aliphatic carbocycles. The number of hydrogen-bond acceptors (Lipinski definition) is 4. The van der Waals surface area contributed by atoms with E-state index in [9.17, 15) is 18.0 Å². The molecule has 1 atom stereocenters. The molecule has 0 spiro atoms. The molecule has 0 radical (unpaired) electrons. The summed E-state index contributed by atoms with van der Waals surface area (Å²) in [6.07, 6.45) is 4.02. The topological polar surface area (TPSA) is 86.8 Å². The quantitative estimate of drug-likeness (QED) is 0.411. The van der Waals surface area contributed by atoms with E-state index in [1.54, 1.807) is 55.5 Å². The van der Waals surface area contributed by atoms with Crippen LogP contribution < -0.4 is 9.62 Å². The Kier molecular flexibility index (Phi) is 8.84. The van der Waals surface area contributed by atoms with Gasteiger partial charge in [0.1, 0.15) is 12.6 Å². The number of nitrogens with zero attached hydrogens (tertiary/aromatic N) is 2. The Labute approximate surface area is 225 Å². The minimum absolute atomic E-state index is 0.0918. The van der Waals surface area contributed by atoms with Gasteiger partial charge in [-0.25, -0.2) is 8.42 Å². The Morgan fingerprint density at radius 2 is 1.47 bits per heavy atom. The fourth-order valence-electron chi connectivity index (χ4n) is 4.79. The number of benzene rings is 3. The number of sulfonamides is 1. The minimum atomic E-state index is -4.04. The summed E-state index contributed by atoms with van der Waals surface area (Å²) in [6.45, 7) is 3.42. The van der Waals surface area contributed by atoms with E-state index in [0.29, 0.717) is 5.69 Å². The van der Waals surface area contributed by atoms with Gasteiger partial charge in [-0.1, -0.05) is 73.5 Å². The minimum Gasteiger partial charge on any atom is -0.352 e. The molecule has 8 heteroatoms. The van der Waals surface area contributed by atoms with Crippen LogP contribution in [-0.4, -0.2) is 43.8 Å². The van der Waals surface area contributed by atoms with E-state index in [-0.39, 0.29) is 23.4 Å². The molecule has 3 aromatic rings. The summed E-state index contributed by atoms with van der Waals surface area (Å²) in [6, 6.07) is 23.7. The second-order valence-corrected chi connectivity index (χ2v) is 11.6. The Bertz CT molecular complexity index is 1340. The van der Waals surface area contributed by atoms with Gasteiger partial charge in [0.25, 0.3) is 10.0 Å². The van der Waals surface area contributed by atoms with Crippen LogP contribution in [0.4, 0.5) is 5.69 Å². The van der Waals surface area contributed by atoms with E-state index >= 15 is 0 Å². The zero-order chi connectivity index (χ0) is 27.1. The number of hydrogen-bond donors (Lipinski definition) is 1. The fraction of sp³-hybridized carbons (Fsp3) is 0.333. The van der Waals surface area contributed by atoms with Crippen molar-refractivity contribution < 1.29 is 18.0 Å². The second-order valence-electron chi connectivity index (χ2n) is 9.77. The maximum atomic E-state index is 13.9. The van der Waals surface area contributed by atoms with Gasteiger partial charge in [0.05, 0.1) is 10.6 Å². The molecule has 0 unspecified atom stereocenters. The first-order valence-electron chi connectivity index (χ1n) is 13.0. The lowest BCUT2D eigenvalue weighted by Crippen LogP contribution is -2.52. The van der Waals surface area contributed by atoms with E-state index < -0.39 is 28.5 Å². The van der Waals surface area contributed by atoms with Gasteiger partial charge in [-0.15, -0.1) is 0 Å². The number of aryl methyl sites for hydroxylation is 1. The van der Waals surface area contributed by atoms with Crippen LogP contribution in [0.5, 0.6) is 0 Å². The molecule has 1 saturated carbocycles. The van der Waals surface area contributed by atoms with Crippen LogP contribution in [0.2, 0.25) is 0 Å². The van der Waals surface area contributed by atoms with Gasteiger partial charge in [0, 0.05) is 12.6 Å². The molecule has 3 aromatic carbocycles. The van der Waals surface area contributed by atoms with Gasteiger partial charge < -0.3 is 10.2 Å². The van der Waals surface area contributed by atoms with E-state index in [1.165, 1.54) is 17.0 Å². The highest BCUT2D eigenvalue weighted by Crippen LogP contribution is 2.25. The van der Waals surface area contributed by atoms with Crippen molar-refractivity contribution in [1.29, 1.82) is 0 Å². The normalized spacial score (nSPS) is 14.6. The molecule has 1 fully saturated rings. The molecule has 0 heterocycles. The molecular formula is C30H35N3O4S. The summed E-state index contributed by atoms with van der Waals surface area (Å²) in [5, 5.41) is 3.09. The lowest BCUT2D eigenvalue weighted by Gasteiger charge is -2.32. The maximum absolute atomic E-state index is 13.9. The van der Waals surface area contributed by atoms with Crippen molar-refractivity contribution in [3.05, 3.63) is 96.1 Å². The van der Waals surface area contributed by atoms with Crippen LogP contribution in [-0.2, 0) is 26.2 Å². The first kappa shape index (κ1) is 27.4. The highest BCUT2D eigenvalue weighted by Gasteiger charge is 2.33. The predicted octanol–water partition coefficient (Wildman–Crippen LogP) is 4.67. The van der Waals surface area contributed by atoms with Crippen LogP contribution in [0.15, 0.2) is 89.8 Å². The average Bonchev–Trinajstić information content (AvgIpc) is 3.44. The Morgan fingerprint density at radius 1 is 0.895 bits per heavy atom. The monoisotopic (exact) mass is 533 g/mol. The van der Waals surface area contributed by atoms with Gasteiger partial charge in [0.2, 0.25) is 11.8 Å². The molecule has 0 bridgehead atoms. The van der Waals surface area contributed by atoms with Gasteiger partial charge in [-0.05, 0) is 62.1 Å². The van der Waals surface area contributed by atoms with Crippen molar-refractivity contribution >= 4 is 27.5 Å². The van der Waals surface area contributed by atoms with E-state index in [4.69, 9.17) is 0 Å². The van der Waals surface area contributed by atoms with Crippen LogP contribution in [0.1, 0.15) is 43.7 Å². The number of carbonyl (C=O) groups excluding carboxylic acids is 2. The summed E-state index contributed by atoms with van der Waals surface area (Å²) in [5.41, 5.74) is 2.27. The van der Waals surface area contributed by atoms with Gasteiger partial charge >= 0.3 is 0 Å². The zero-order valence-electron chi connectivity index (χ0n) is 21.9. The van der Waals surface area contributed by atoms with Crippen molar-refractivity contribution in [3.63, 3.8) is 0 Å². The van der Waals surface area contributed by atoms with Crippen molar-refractivity contribution in [3.8, 4) is 0 Å². The summed E-state index contributed by atoms with van der Waals surface area (Å²) < 4.78 is 28.5. The molecule has 0 aliphatic heterocycles. The summed E-state index contributed by atoms with van der Waals surface area (Å²) >= 11 is 0. The molecule has 1 N–H and O–H groups in total. The Morgan fingerprint density at radius 3 is 2.11 bits per heavy atom. The number of nitrogens with one attached hydrogen (secondary N) is 1. The first-order valence-corrected chi connectivity index (χ1v) is 14.5. The SMILES string of the molecule is Cc1ccccc1CN(C(=O)CN(c1ccccc1)S(=O)(=O)c1ccccc1)[C@@H](C)C(=O)NC1CCCC1. The molecular weight excluding hydrogens is 498 g/mol. The molecule has 2 amide bonds. The van der Waals surface area contributed by atoms with Crippen molar-refractivity contribution in [2.24, 2.45) is 0 Å². The van der Waals surface area contributed by atoms with Gasteiger partial charge in [0.15, 0.2) is 0 Å². The maximum Gasteiger partial charge on any atom is 0.264 e. The lowest BCUT2D eigenvalue weighted by molar-refractivity contribution is -0.139. The van der Waals surface area contributed by atoms with E-state index in [2.05, 4.69) is 5.32 Å². The molecule has 0 saturated heterocycles. The lowest BCUT2D eigenvalue weighted by atomic mass is 10.1. The average molecular weight is 534 g/mol. The Hall–Kier alpha value is -3.65. The zero-order valence-corrected chi connectivity index (χ0v) is 22.7. The fourth-order valence-corrected chi connectivity index (χ4v) is 6.22. The third-order valence-corrected chi connectivity index (χ3v) is 8.91. The standard InChI is InChI=1S/C30H35N3O4S/c1-23-13-9-10-14-25(23)21-32(24(2)30(35)31-26-15-11-12-16-26)29(34)22-33(27-17-5-3-6-18-27)38(36,37)28-19-7-4-8-20-28/h3-10,13-14,17-20,24,26H,11-12,15-16,21-22H2,1-2H3,(H,31,35)/t24-/m0/s1. The molecule has 0 aromatic heterocycles. The summed E-state index contributed by atoms with van der Waals surface area (Å²) in [7, 11) is -4.04. The van der Waals surface area contributed by atoms with Crippen LogP contribution in [0, 0.1) is 6.92 Å². The predicted molar refractivity (Wildman–Crippen MR) is 149 cm³/mol. The number of anilines is 1. The highest BCUT2D eigenvalue weighted by atomic mass is 32.2. The highest BCUT2D eigenvalue weighted by molar-refractivity contribution is 7.92. The molecule has 7 nitrogen and oxygen atoms in total. The van der Waals surface area contributed by atoms with Crippen molar-refractivity contribution in [2.75, 3.05) is 10.8 Å². The molecule has 1 aliphatic rings.